The van der Waals surface area contributed by atoms with Gasteiger partial charge < -0.3 is 14.3 Å². The number of nitrogens with one attached hydrogen (secondary N) is 2. The molecule has 13 heteroatoms. The maximum Gasteiger partial charge on any atom is 0.283 e. The maximum absolute atomic E-state index is 12.9. The lowest BCUT2D eigenvalue weighted by atomic mass is 10.0. The minimum atomic E-state index is -0.693. The second kappa shape index (κ2) is 7.75. The van der Waals surface area contributed by atoms with Crippen LogP contribution in [0.25, 0.3) is 5.69 Å². The first kappa shape index (κ1) is 21.0. The number of nitrogens with zero attached hydrogens (tertiary/aromatic N) is 5. The Morgan fingerprint density at radius 2 is 1.97 bits per heavy atom. The highest BCUT2D eigenvalue weighted by atomic mass is 16.5. The van der Waals surface area contributed by atoms with Crippen molar-refractivity contribution in [2.24, 2.45) is 0 Å². The van der Waals surface area contributed by atoms with Crippen molar-refractivity contribution < 1.29 is 23.7 Å². The average molecular weight is 477 g/mol. The van der Waals surface area contributed by atoms with Crippen LogP contribution in [0.1, 0.15) is 50.6 Å². The molecule has 4 amide bonds. The van der Waals surface area contributed by atoms with Gasteiger partial charge in [0, 0.05) is 25.1 Å². The fourth-order valence-electron chi connectivity index (χ4n) is 4.76. The number of benzene rings is 1. The van der Waals surface area contributed by atoms with Crippen molar-refractivity contribution in [1.82, 2.24) is 35.3 Å². The van der Waals surface area contributed by atoms with Crippen molar-refractivity contribution in [3.05, 3.63) is 62.9 Å². The zero-order valence-corrected chi connectivity index (χ0v) is 18.3. The van der Waals surface area contributed by atoms with Crippen molar-refractivity contribution in [1.29, 1.82) is 0 Å². The monoisotopic (exact) mass is 477 g/mol. The van der Waals surface area contributed by atoms with Gasteiger partial charge in [-0.3, -0.25) is 29.3 Å². The second-order valence-corrected chi connectivity index (χ2v) is 8.70. The average Bonchev–Trinajstić information content (AvgIpc) is 3.56. The molecule has 0 bridgehead atoms. The third kappa shape index (κ3) is 3.43. The van der Waals surface area contributed by atoms with E-state index in [-0.39, 0.29) is 54.9 Å². The van der Waals surface area contributed by atoms with Gasteiger partial charge in [0.2, 0.25) is 11.8 Å². The molecule has 0 radical (unpaired) electrons. The summed E-state index contributed by atoms with van der Waals surface area (Å²) in [5.41, 5.74) is 2.21. The summed E-state index contributed by atoms with van der Waals surface area (Å²) in [6, 6.07) is 4.42. The Hall–Kier alpha value is -4.55. The predicted octanol–water partition coefficient (Wildman–Crippen LogP) is -0.492. The van der Waals surface area contributed by atoms with E-state index < -0.39 is 11.9 Å². The van der Waals surface area contributed by atoms with Gasteiger partial charge in [-0.15, -0.1) is 5.10 Å². The maximum atomic E-state index is 12.9. The van der Waals surface area contributed by atoms with E-state index in [4.69, 9.17) is 4.52 Å². The summed E-state index contributed by atoms with van der Waals surface area (Å²) < 4.78 is 6.59. The van der Waals surface area contributed by atoms with Gasteiger partial charge in [0.1, 0.15) is 6.04 Å². The van der Waals surface area contributed by atoms with Crippen LogP contribution in [0.4, 0.5) is 0 Å². The highest BCUT2D eigenvalue weighted by Gasteiger charge is 2.39. The molecule has 1 unspecified atom stereocenters. The molecular weight excluding hydrogens is 458 g/mol. The van der Waals surface area contributed by atoms with Crippen LogP contribution in [0.2, 0.25) is 0 Å². The number of carbonyl (C=O) groups is 4. The molecule has 1 aromatic carbocycles. The van der Waals surface area contributed by atoms with Gasteiger partial charge in [-0.2, -0.15) is 5.16 Å². The van der Waals surface area contributed by atoms with Crippen LogP contribution < -0.4 is 10.9 Å². The number of fused-ring (bicyclic) bond motifs is 2. The van der Waals surface area contributed by atoms with E-state index in [2.05, 4.69) is 20.8 Å². The molecule has 1 fully saturated rings. The number of imide groups is 1. The van der Waals surface area contributed by atoms with Crippen LogP contribution >= 0.6 is 0 Å². The van der Waals surface area contributed by atoms with Crippen molar-refractivity contribution in [2.75, 3.05) is 6.54 Å². The number of rotatable bonds is 3. The fourth-order valence-corrected chi connectivity index (χ4v) is 4.76. The van der Waals surface area contributed by atoms with Gasteiger partial charge in [-0.25, -0.2) is 4.68 Å². The first-order chi connectivity index (χ1) is 16.9. The van der Waals surface area contributed by atoms with E-state index in [1.54, 1.807) is 18.2 Å². The van der Waals surface area contributed by atoms with Crippen LogP contribution in [-0.2, 0) is 29.1 Å². The van der Waals surface area contributed by atoms with Gasteiger partial charge in [0.05, 0.1) is 24.0 Å². The Labute approximate surface area is 196 Å². The Morgan fingerprint density at radius 1 is 1.11 bits per heavy atom. The molecule has 3 aliphatic rings. The summed E-state index contributed by atoms with van der Waals surface area (Å²) in [6.45, 7) is 0.752. The number of carbonyl (C=O) groups excluding carboxylic acids is 4. The number of aromatic nitrogens is 4. The highest BCUT2D eigenvalue weighted by molar-refractivity contribution is 6.05. The minimum absolute atomic E-state index is 0.132. The third-order valence-electron chi connectivity index (χ3n) is 6.62. The zero-order valence-electron chi connectivity index (χ0n) is 18.3. The van der Waals surface area contributed by atoms with Crippen LogP contribution in [0.5, 0.6) is 0 Å². The van der Waals surface area contributed by atoms with Crippen LogP contribution in [0.3, 0.4) is 0 Å². The predicted molar refractivity (Wildman–Crippen MR) is 115 cm³/mol. The summed E-state index contributed by atoms with van der Waals surface area (Å²) in [4.78, 5) is 64.2. The van der Waals surface area contributed by atoms with Gasteiger partial charge in [0.15, 0.2) is 11.5 Å². The quantitative estimate of drug-likeness (QED) is 0.477. The number of piperidine rings is 1. The van der Waals surface area contributed by atoms with Crippen molar-refractivity contribution in [3.63, 3.8) is 0 Å². The molecule has 1 atom stereocenters. The Balaban J connectivity index is 1.20. The van der Waals surface area contributed by atoms with Crippen molar-refractivity contribution in [3.8, 4) is 5.69 Å². The standard InChI is InChI=1S/C22H19N7O6/c30-18-4-3-16(20(32)23-18)28-8-11-7-12(1-2-13(11)21(28)33)29-9-15(24-26-29)22(34)27-6-5-14-17(10-27)35-25-19(14)31/h1-2,7,9,16H,3-6,8,10H2,(H,25,31)(H,23,30,32). The molecule has 1 saturated heterocycles. The molecule has 5 heterocycles. The van der Waals surface area contributed by atoms with E-state index in [1.807, 2.05) is 0 Å². The molecule has 3 aromatic rings. The summed E-state index contributed by atoms with van der Waals surface area (Å²) >= 11 is 0. The lowest BCUT2D eigenvalue weighted by Gasteiger charge is -2.29. The molecular formula is C22H19N7O6. The lowest BCUT2D eigenvalue weighted by molar-refractivity contribution is -0.136. The molecule has 0 aliphatic carbocycles. The van der Waals surface area contributed by atoms with E-state index in [0.29, 0.717) is 41.1 Å². The zero-order chi connectivity index (χ0) is 24.3. The number of hydrogen-bond donors (Lipinski definition) is 2. The number of hydrogen-bond acceptors (Lipinski definition) is 8. The molecule has 178 valence electrons. The first-order valence-electron chi connectivity index (χ1n) is 11.1. The molecule has 2 aromatic heterocycles. The molecule has 3 aliphatic heterocycles. The molecule has 2 N–H and O–H groups in total. The smallest absolute Gasteiger partial charge is 0.283 e. The van der Waals surface area contributed by atoms with Crippen LogP contribution in [0, 0.1) is 0 Å². The SMILES string of the molecule is O=C1CCC(N2Cc3cc(-n4cc(C(=O)N5CCc6c(o[nH]c6=O)C5)nn4)ccc3C2=O)C(=O)N1. The Morgan fingerprint density at radius 3 is 2.80 bits per heavy atom. The topological polar surface area (TPSA) is 164 Å². The largest absolute Gasteiger partial charge is 0.381 e. The summed E-state index contributed by atoms with van der Waals surface area (Å²) in [6.07, 6.45) is 2.37. The van der Waals surface area contributed by atoms with Crippen LogP contribution in [0.15, 0.2) is 33.7 Å². The third-order valence-corrected chi connectivity index (χ3v) is 6.62. The van der Waals surface area contributed by atoms with E-state index in [1.165, 1.54) is 20.7 Å². The van der Waals surface area contributed by atoms with Gasteiger partial charge in [0.25, 0.3) is 17.4 Å². The molecule has 0 saturated carbocycles. The molecule has 35 heavy (non-hydrogen) atoms. The van der Waals surface area contributed by atoms with E-state index in [0.717, 1.165) is 0 Å². The summed E-state index contributed by atoms with van der Waals surface area (Å²) in [5.74, 6) is -0.976. The number of amides is 4. The first-order valence-corrected chi connectivity index (χ1v) is 11.1. The number of aromatic amines is 1. The van der Waals surface area contributed by atoms with Gasteiger partial charge in [-0.1, -0.05) is 5.21 Å². The van der Waals surface area contributed by atoms with E-state index >= 15 is 0 Å². The number of H-pyrrole nitrogens is 1. The van der Waals surface area contributed by atoms with Gasteiger partial charge >= 0.3 is 0 Å². The highest BCUT2D eigenvalue weighted by Crippen LogP contribution is 2.29. The van der Waals surface area contributed by atoms with Crippen molar-refractivity contribution in [2.45, 2.75) is 38.4 Å². The van der Waals surface area contributed by atoms with E-state index in [9.17, 15) is 24.0 Å². The molecule has 0 spiro atoms. The minimum Gasteiger partial charge on any atom is -0.381 e. The van der Waals surface area contributed by atoms with Gasteiger partial charge in [-0.05, 0) is 36.6 Å². The second-order valence-electron chi connectivity index (χ2n) is 8.70. The summed E-state index contributed by atoms with van der Waals surface area (Å²) in [5, 5.41) is 12.6. The lowest BCUT2D eigenvalue weighted by Crippen LogP contribution is -2.52. The fraction of sp³-hybridized carbons (Fsp3) is 0.318. The Kier molecular flexibility index (Phi) is 4.65. The summed E-state index contributed by atoms with van der Waals surface area (Å²) in [7, 11) is 0. The normalized spacial score (nSPS) is 19.5. The van der Waals surface area contributed by atoms with Crippen molar-refractivity contribution >= 4 is 23.6 Å². The molecule has 6 rings (SSSR count). The molecule has 13 nitrogen and oxygen atoms in total. The van der Waals surface area contributed by atoms with Crippen LogP contribution in [-0.4, -0.2) is 66.2 Å². The Bertz CT molecular complexity index is 1470.